The smallest absolute Gasteiger partial charge is 0.118 e. The number of halogens is 1. The van der Waals surface area contributed by atoms with Crippen molar-refractivity contribution in [2.75, 3.05) is 19.0 Å². The van der Waals surface area contributed by atoms with Crippen molar-refractivity contribution in [1.29, 1.82) is 0 Å². The number of para-hydroxylation sites is 1. The predicted molar refractivity (Wildman–Crippen MR) is 101 cm³/mol. The van der Waals surface area contributed by atoms with Crippen LogP contribution in [0, 0.1) is 0 Å². The number of hydrogen-bond donors (Lipinski definition) is 2. The summed E-state index contributed by atoms with van der Waals surface area (Å²) in [6.45, 7) is 2.26. The molecular weight excluding hydrogens is 324 g/mol. The van der Waals surface area contributed by atoms with Crippen molar-refractivity contribution < 1.29 is 9.84 Å². The number of fused-ring (bicyclic) bond motifs is 1. The van der Waals surface area contributed by atoms with E-state index in [-0.39, 0.29) is 12.4 Å². The maximum atomic E-state index is 9.54. The van der Waals surface area contributed by atoms with Crippen LogP contribution < -0.4 is 10.1 Å². The van der Waals surface area contributed by atoms with Gasteiger partial charge in [0.2, 0.25) is 0 Å². The summed E-state index contributed by atoms with van der Waals surface area (Å²) in [6.07, 6.45) is -0.411. The van der Waals surface area contributed by atoms with E-state index in [1.165, 1.54) is 0 Å². The fourth-order valence-electron chi connectivity index (χ4n) is 2.49. The van der Waals surface area contributed by atoms with Crippen LogP contribution in [-0.4, -0.2) is 29.8 Å². The summed E-state index contributed by atoms with van der Waals surface area (Å²) in [6, 6.07) is 17.9. The van der Waals surface area contributed by atoms with Gasteiger partial charge >= 0.3 is 0 Å². The molecule has 3 aromatic rings. The minimum absolute atomic E-state index is 0. The van der Waals surface area contributed by atoms with Gasteiger partial charge in [0.15, 0.2) is 0 Å². The third-order valence-electron chi connectivity index (χ3n) is 3.69. The van der Waals surface area contributed by atoms with E-state index in [4.69, 9.17) is 9.72 Å². The van der Waals surface area contributed by atoms with Gasteiger partial charge in [0.25, 0.3) is 0 Å². The number of nitrogens with one attached hydrogen (secondary N) is 1. The predicted octanol–water partition coefficient (Wildman–Crippen LogP) is 4.12. The van der Waals surface area contributed by atoms with Crippen LogP contribution in [0.2, 0.25) is 0 Å². The molecule has 24 heavy (non-hydrogen) atoms. The number of hydrogen-bond acceptors (Lipinski definition) is 4. The van der Waals surface area contributed by atoms with Gasteiger partial charge in [0, 0.05) is 23.2 Å². The number of aromatic nitrogens is 1. The molecule has 0 spiro atoms. The number of pyridine rings is 1. The number of rotatable bonds is 5. The first-order valence-electron chi connectivity index (χ1n) is 7.63. The van der Waals surface area contributed by atoms with Gasteiger partial charge in [-0.1, -0.05) is 18.2 Å². The zero-order valence-corrected chi connectivity index (χ0v) is 14.5. The number of anilines is 1. The molecule has 0 fully saturated rings. The first-order valence-corrected chi connectivity index (χ1v) is 7.63. The Kier molecular flexibility index (Phi) is 6.01. The lowest BCUT2D eigenvalue weighted by atomic mass is 10.1. The van der Waals surface area contributed by atoms with Crippen LogP contribution in [0.3, 0.4) is 0 Å². The highest BCUT2D eigenvalue weighted by Crippen LogP contribution is 2.29. The normalized spacial score (nSPS) is 11.6. The Morgan fingerprint density at radius 1 is 1.12 bits per heavy atom. The lowest BCUT2D eigenvalue weighted by Gasteiger charge is -2.13. The number of benzene rings is 2. The highest BCUT2D eigenvalue weighted by Gasteiger charge is 2.08. The molecule has 0 saturated heterocycles. The number of aliphatic hydroxyl groups is 1. The Morgan fingerprint density at radius 2 is 1.83 bits per heavy atom. The summed E-state index contributed by atoms with van der Waals surface area (Å²) in [4.78, 5) is 4.75. The topological polar surface area (TPSA) is 54.4 Å². The molecule has 1 aromatic heterocycles. The second-order valence-electron chi connectivity index (χ2n) is 5.53. The van der Waals surface area contributed by atoms with E-state index in [0.29, 0.717) is 6.54 Å². The zero-order valence-electron chi connectivity index (χ0n) is 13.7. The Hall–Kier alpha value is -2.30. The quantitative estimate of drug-likeness (QED) is 0.731. The van der Waals surface area contributed by atoms with Crippen molar-refractivity contribution in [2.24, 2.45) is 0 Å². The molecule has 0 saturated carbocycles. The van der Waals surface area contributed by atoms with Crippen molar-refractivity contribution in [3.05, 3.63) is 54.6 Å². The van der Waals surface area contributed by atoms with Crippen molar-refractivity contribution >= 4 is 29.0 Å². The van der Waals surface area contributed by atoms with E-state index in [9.17, 15) is 5.11 Å². The molecule has 0 amide bonds. The fraction of sp³-hybridized carbons (Fsp3) is 0.211. The van der Waals surface area contributed by atoms with E-state index in [2.05, 4.69) is 5.32 Å². The van der Waals surface area contributed by atoms with Gasteiger partial charge in [-0.2, -0.15) is 0 Å². The summed E-state index contributed by atoms with van der Waals surface area (Å²) in [7, 11) is 1.65. The van der Waals surface area contributed by atoms with E-state index >= 15 is 0 Å². The van der Waals surface area contributed by atoms with Gasteiger partial charge in [-0.15, -0.1) is 12.4 Å². The van der Waals surface area contributed by atoms with Gasteiger partial charge in [0.1, 0.15) is 5.75 Å². The van der Waals surface area contributed by atoms with E-state index in [0.717, 1.165) is 33.6 Å². The first kappa shape index (κ1) is 18.0. The molecule has 1 heterocycles. The Labute approximate surface area is 147 Å². The number of nitrogens with zero attached hydrogens (tertiary/aromatic N) is 1. The molecule has 0 bridgehead atoms. The number of ether oxygens (including phenoxy) is 1. The van der Waals surface area contributed by atoms with Crippen molar-refractivity contribution in [2.45, 2.75) is 13.0 Å². The Balaban J connectivity index is 0.00000208. The molecule has 2 aromatic carbocycles. The highest BCUT2D eigenvalue weighted by molar-refractivity contribution is 5.93. The Bertz CT molecular complexity index is 804. The Morgan fingerprint density at radius 3 is 2.50 bits per heavy atom. The number of methoxy groups -OCH3 is 1. The summed E-state index contributed by atoms with van der Waals surface area (Å²) in [5, 5.41) is 13.9. The van der Waals surface area contributed by atoms with E-state index in [1.54, 1.807) is 14.0 Å². The maximum Gasteiger partial charge on any atom is 0.118 e. The summed E-state index contributed by atoms with van der Waals surface area (Å²) >= 11 is 0. The molecule has 0 unspecified atom stereocenters. The molecule has 126 valence electrons. The molecule has 5 heteroatoms. The molecular formula is C19H21ClN2O2. The monoisotopic (exact) mass is 344 g/mol. The van der Waals surface area contributed by atoms with E-state index < -0.39 is 6.10 Å². The largest absolute Gasteiger partial charge is 0.497 e. The van der Waals surface area contributed by atoms with Gasteiger partial charge in [-0.25, -0.2) is 4.98 Å². The average Bonchev–Trinajstić information content (AvgIpc) is 2.59. The van der Waals surface area contributed by atoms with Gasteiger partial charge in [-0.05, 0) is 43.3 Å². The van der Waals surface area contributed by atoms with Crippen LogP contribution in [0.4, 0.5) is 5.69 Å². The van der Waals surface area contributed by atoms with Crippen molar-refractivity contribution in [3.63, 3.8) is 0 Å². The lowest BCUT2D eigenvalue weighted by Crippen LogP contribution is -2.15. The van der Waals surface area contributed by atoms with Crippen LogP contribution in [0.15, 0.2) is 54.6 Å². The van der Waals surface area contributed by atoms with Crippen molar-refractivity contribution in [3.8, 4) is 17.0 Å². The van der Waals surface area contributed by atoms with Crippen LogP contribution in [-0.2, 0) is 0 Å². The average molecular weight is 345 g/mol. The molecule has 3 rings (SSSR count). The standard InChI is InChI=1S/C19H20N2O2.ClH/c1-13(22)12-20-19-11-18(14-7-9-15(23-2)10-8-14)21-17-6-4-3-5-16(17)19;/h3-11,13,22H,12H2,1-2H3,(H,20,21);1H/t13-;/m0./s1. The summed E-state index contributed by atoms with van der Waals surface area (Å²) in [5.41, 5.74) is 3.81. The minimum atomic E-state index is -0.411. The van der Waals surface area contributed by atoms with Crippen LogP contribution in [0.1, 0.15) is 6.92 Å². The van der Waals surface area contributed by atoms with Gasteiger partial charge in [-0.3, -0.25) is 0 Å². The lowest BCUT2D eigenvalue weighted by molar-refractivity contribution is 0.208. The van der Waals surface area contributed by atoms with E-state index in [1.807, 2.05) is 54.6 Å². The third-order valence-corrected chi connectivity index (χ3v) is 3.69. The third kappa shape index (κ3) is 3.96. The second kappa shape index (κ2) is 7.99. The molecule has 4 nitrogen and oxygen atoms in total. The highest BCUT2D eigenvalue weighted by atomic mass is 35.5. The zero-order chi connectivity index (χ0) is 16.2. The molecule has 0 aliphatic heterocycles. The molecule has 0 radical (unpaired) electrons. The minimum Gasteiger partial charge on any atom is -0.497 e. The van der Waals surface area contributed by atoms with Crippen molar-refractivity contribution in [1.82, 2.24) is 4.98 Å². The molecule has 0 aliphatic carbocycles. The molecule has 2 N–H and O–H groups in total. The summed E-state index contributed by atoms with van der Waals surface area (Å²) in [5.74, 6) is 0.821. The maximum absolute atomic E-state index is 9.54. The molecule has 0 aliphatic rings. The summed E-state index contributed by atoms with van der Waals surface area (Å²) < 4.78 is 5.20. The van der Waals surface area contributed by atoms with Crippen LogP contribution in [0.25, 0.3) is 22.2 Å². The first-order chi connectivity index (χ1) is 11.2. The number of aliphatic hydroxyl groups excluding tert-OH is 1. The second-order valence-corrected chi connectivity index (χ2v) is 5.53. The van der Waals surface area contributed by atoms with Crippen LogP contribution >= 0.6 is 12.4 Å². The SMILES string of the molecule is COc1ccc(-c2cc(NC[C@H](C)O)c3ccccc3n2)cc1.Cl. The fourth-order valence-corrected chi connectivity index (χ4v) is 2.49. The van der Waals surface area contributed by atoms with Gasteiger partial charge in [0.05, 0.1) is 24.4 Å². The molecule has 1 atom stereocenters. The van der Waals surface area contributed by atoms with Gasteiger partial charge < -0.3 is 15.2 Å². The van der Waals surface area contributed by atoms with Crippen LogP contribution in [0.5, 0.6) is 5.75 Å².